The highest BCUT2D eigenvalue weighted by atomic mass is 32.2. The lowest BCUT2D eigenvalue weighted by Crippen LogP contribution is -2.44. The van der Waals surface area contributed by atoms with Gasteiger partial charge in [0.25, 0.3) is 0 Å². The van der Waals surface area contributed by atoms with Crippen molar-refractivity contribution >= 4 is 9.84 Å². The minimum atomic E-state index is -2.76. The summed E-state index contributed by atoms with van der Waals surface area (Å²) in [5, 5.41) is 3.45. The third-order valence-electron chi connectivity index (χ3n) is 4.25. The van der Waals surface area contributed by atoms with Crippen LogP contribution in [-0.4, -0.2) is 46.2 Å². The van der Waals surface area contributed by atoms with Gasteiger partial charge in [-0.05, 0) is 31.1 Å². The molecule has 0 amide bonds. The Bertz CT molecular complexity index is 349. The molecule has 1 aliphatic carbocycles. The molecule has 0 bridgehead atoms. The summed E-state index contributed by atoms with van der Waals surface area (Å²) in [7, 11) is -1.02. The maximum atomic E-state index is 11.4. The number of rotatable bonds is 6. The first kappa shape index (κ1) is 13.3. The van der Waals surface area contributed by atoms with E-state index in [0.29, 0.717) is 16.9 Å². The van der Waals surface area contributed by atoms with Crippen LogP contribution in [0.1, 0.15) is 32.1 Å². The van der Waals surface area contributed by atoms with Crippen molar-refractivity contribution in [3.63, 3.8) is 0 Å². The van der Waals surface area contributed by atoms with Crippen molar-refractivity contribution in [3.8, 4) is 0 Å². The van der Waals surface area contributed by atoms with Gasteiger partial charge in [0.15, 0.2) is 9.84 Å². The maximum absolute atomic E-state index is 11.4. The van der Waals surface area contributed by atoms with Crippen molar-refractivity contribution < 1.29 is 13.2 Å². The third kappa shape index (κ3) is 3.42. The van der Waals surface area contributed by atoms with Crippen molar-refractivity contribution in [3.05, 3.63) is 0 Å². The van der Waals surface area contributed by atoms with E-state index in [1.165, 1.54) is 19.3 Å². The minimum absolute atomic E-state index is 0.181. The summed E-state index contributed by atoms with van der Waals surface area (Å²) in [6.07, 6.45) is 5.68. The van der Waals surface area contributed by atoms with Crippen LogP contribution in [0, 0.1) is 5.41 Å². The Morgan fingerprint density at radius 2 is 2.18 bits per heavy atom. The van der Waals surface area contributed by atoms with Crippen LogP contribution in [0.4, 0.5) is 0 Å². The zero-order valence-electron chi connectivity index (χ0n) is 10.6. The van der Waals surface area contributed by atoms with E-state index in [-0.39, 0.29) is 6.04 Å². The largest absolute Gasteiger partial charge is 0.385 e. The second-order valence-electron chi connectivity index (χ2n) is 5.58. The van der Waals surface area contributed by atoms with E-state index in [1.54, 1.807) is 7.11 Å². The average molecular weight is 261 g/mol. The van der Waals surface area contributed by atoms with Gasteiger partial charge in [0.1, 0.15) is 0 Å². The number of hydrogen-bond acceptors (Lipinski definition) is 4. The molecule has 0 aromatic heterocycles. The fourth-order valence-corrected chi connectivity index (χ4v) is 4.54. The summed E-state index contributed by atoms with van der Waals surface area (Å²) in [5.74, 6) is 0.684. The lowest BCUT2D eigenvalue weighted by Gasteiger charge is -2.42. The molecule has 0 spiro atoms. The number of ether oxygens (including phenoxy) is 1. The van der Waals surface area contributed by atoms with Gasteiger partial charge in [0, 0.05) is 26.3 Å². The predicted molar refractivity (Wildman–Crippen MR) is 67.8 cm³/mol. The van der Waals surface area contributed by atoms with Gasteiger partial charge in [0.05, 0.1) is 11.5 Å². The summed E-state index contributed by atoms with van der Waals surface area (Å²) in [4.78, 5) is 0. The number of hydrogen-bond donors (Lipinski definition) is 1. The first-order valence-corrected chi connectivity index (χ1v) is 8.30. The van der Waals surface area contributed by atoms with Gasteiger partial charge in [-0.1, -0.05) is 6.42 Å². The van der Waals surface area contributed by atoms with Gasteiger partial charge in [-0.3, -0.25) is 0 Å². The molecule has 1 N–H and O–H groups in total. The second-order valence-corrected chi connectivity index (χ2v) is 7.81. The molecular formula is C12H23NO3S. The van der Waals surface area contributed by atoms with E-state index in [4.69, 9.17) is 4.74 Å². The van der Waals surface area contributed by atoms with Crippen LogP contribution in [0.5, 0.6) is 0 Å². The van der Waals surface area contributed by atoms with E-state index in [2.05, 4.69) is 5.32 Å². The Kier molecular flexibility index (Phi) is 4.10. The van der Waals surface area contributed by atoms with E-state index in [9.17, 15) is 8.42 Å². The average Bonchev–Trinajstić information content (AvgIpc) is 2.56. The van der Waals surface area contributed by atoms with Crippen molar-refractivity contribution in [1.29, 1.82) is 0 Å². The van der Waals surface area contributed by atoms with Gasteiger partial charge >= 0.3 is 0 Å². The zero-order chi connectivity index (χ0) is 12.4. The van der Waals surface area contributed by atoms with Gasteiger partial charge in [-0.25, -0.2) is 8.42 Å². The summed E-state index contributed by atoms with van der Waals surface area (Å²) >= 11 is 0. The van der Waals surface area contributed by atoms with Crippen molar-refractivity contribution in [2.45, 2.75) is 38.1 Å². The molecule has 1 aliphatic heterocycles. The first-order chi connectivity index (χ1) is 8.05. The molecule has 1 saturated heterocycles. The number of sulfone groups is 1. The van der Waals surface area contributed by atoms with E-state index in [1.807, 2.05) is 0 Å². The van der Waals surface area contributed by atoms with Crippen LogP contribution in [-0.2, 0) is 14.6 Å². The fraction of sp³-hybridized carbons (Fsp3) is 1.00. The molecule has 2 aliphatic rings. The quantitative estimate of drug-likeness (QED) is 0.774. The second kappa shape index (κ2) is 5.24. The molecule has 0 radical (unpaired) electrons. The molecule has 2 rings (SSSR count). The minimum Gasteiger partial charge on any atom is -0.385 e. The highest BCUT2D eigenvalue weighted by Gasteiger charge is 2.37. The summed E-state index contributed by atoms with van der Waals surface area (Å²) in [6, 6.07) is 0.181. The van der Waals surface area contributed by atoms with E-state index < -0.39 is 9.84 Å². The topological polar surface area (TPSA) is 55.4 Å². The van der Waals surface area contributed by atoms with Crippen molar-refractivity contribution in [2.24, 2.45) is 5.41 Å². The standard InChI is InChI=1S/C12H23NO3S/c1-16-7-6-12(4-2-5-12)10-13-11-3-8-17(14,15)9-11/h11,13H,2-10H2,1H3/t11-/m0/s1. The fourth-order valence-electron chi connectivity index (χ4n) is 2.83. The molecular weight excluding hydrogens is 238 g/mol. The molecule has 100 valence electrons. The zero-order valence-corrected chi connectivity index (χ0v) is 11.4. The molecule has 2 fully saturated rings. The Morgan fingerprint density at radius 3 is 2.65 bits per heavy atom. The van der Waals surface area contributed by atoms with Crippen LogP contribution >= 0.6 is 0 Å². The predicted octanol–water partition coefficient (Wildman–Crippen LogP) is 0.970. The number of nitrogens with one attached hydrogen (secondary N) is 1. The van der Waals surface area contributed by atoms with Gasteiger partial charge in [-0.15, -0.1) is 0 Å². The van der Waals surface area contributed by atoms with Crippen LogP contribution in [0.15, 0.2) is 0 Å². The summed E-state index contributed by atoms with van der Waals surface area (Å²) in [5.41, 5.74) is 0.377. The highest BCUT2D eigenvalue weighted by Crippen LogP contribution is 2.43. The lowest BCUT2D eigenvalue weighted by atomic mass is 9.66. The Labute approximate surface area is 104 Å². The molecule has 0 aromatic rings. The molecule has 1 saturated carbocycles. The smallest absolute Gasteiger partial charge is 0.151 e. The molecule has 0 unspecified atom stereocenters. The Morgan fingerprint density at radius 1 is 1.41 bits per heavy atom. The monoisotopic (exact) mass is 261 g/mol. The van der Waals surface area contributed by atoms with Crippen LogP contribution in [0.2, 0.25) is 0 Å². The van der Waals surface area contributed by atoms with Crippen molar-refractivity contribution in [1.82, 2.24) is 5.32 Å². The van der Waals surface area contributed by atoms with Crippen LogP contribution in [0.3, 0.4) is 0 Å². The van der Waals surface area contributed by atoms with Crippen LogP contribution < -0.4 is 5.32 Å². The van der Waals surface area contributed by atoms with Gasteiger partial charge in [-0.2, -0.15) is 0 Å². The van der Waals surface area contributed by atoms with Gasteiger partial charge in [0.2, 0.25) is 0 Å². The Balaban J connectivity index is 1.77. The summed E-state index contributed by atoms with van der Waals surface area (Å²) in [6.45, 7) is 1.77. The molecule has 4 nitrogen and oxygen atoms in total. The van der Waals surface area contributed by atoms with E-state index in [0.717, 1.165) is 26.0 Å². The normalized spacial score (nSPS) is 30.1. The third-order valence-corrected chi connectivity index (χ3v) is 6.02. The Hall–Kier alpha value is -0.130. The first-order valence-electron chi connectivity index (χ1n) is 6.48. The molecule has 0 aromatic carbocycles. The maximum Gasteiger partial charge on any atom is 0.151 e. The van der Waals surface area contributed by atoms with Crippen LogP contribution in [0.25, 0.3) is 0 Å². The molecule has 5 heteroatoms. The molecule has 1 atom stereocenters. The molecule has 17 heavy (non-hydrogen) atoms. The lowest BCUT2D eigenvalue weighted by molar-refractivity contribution is 0.0671. The molecule has 1 heterocycles. The van der Waals surface area contributed by atoms with E-state index >= 15 is 0 Å². The summed E-state index contributed by atoms with van der Waals surface area (Å²) < 4.78 is 27.9. The van der Waals surface area contributed by atoms with Crippen molar-refractivity contribution in [2.75, 3.05) is 31.8 Å². The highest BCUT2D eigenvalue weighted by molar-refractivity contribution is 7.91. The number of methoxy groups -OCH3 is 1. The van der Waals surface area contributed by atoms with Gasteiger partial charge < -0.3 is 10.1 Å². The SMILES string of the molecule is COCCC1(CN[C@H]2CCS(=O)(=O)C2)CCC1.